The van der Waals surface area contributed by atoms with Crippen LogP contribution in [0.4, 0.5) is 0 Å². The molecular formula is C14H30N2. The first-order valence-electron chi connectivity index (χ1n) is 6.93. The molecule has 0 bridgehead atoms. The van der Waals surface area contributed by atoms with Crippen LogP contribution in [0.15, 0.2) is 0 Å². The fourth-order valence-corrected chi connectivity index (χ4v) is 2.55. The fourth-order valence-electron chi connectivity index (χ4n) is 2.55. The Morgan fingerprint density at radius 2 is 1.50 bits per heavy atom. The second-order valence-corrected chi connectivity index (χ2v) is 6.28. The minimum Gasteiger partial charge on any atom is -0.315 e. The summed E-state index contributed by atoms with van der Waals surface area (Å²) in [5.74, 6) is 0. The summed E-state index contributed by atoms with van der Waals surface area (Å²) in [7, 11) is 2.10. The third-order valence-corrected chi connectivity index (χ3v) is 3.78. The molecule has 0 radical (unpaired) electrons. The molecule has 2 nitrogen and oxygen atoms in total. The average Bonchev–Trinajstić information content (AvgIpc) is 2.14. The minimum atomic E-state index is 0.358. The van der Waals surface area contributed by atoms with Gasteiger partial charge in [0.25, 0.3) is 0 Å². The van der Waals surface area contributed by atoms with E-state index < -0.39 is 0 Å². The van der Waals surface area contributed by atoms with Crippen LogP contribution in [0.2, 0.25) is 0 Å². The van der Waals surface area contributed by atoms with E-state index in [1.54, 1.807) is 0 Å². The molecule has 0 saturated carbocycles. The SMILES string of the molecule is CNC(CN1CCCCCCC1)C(C)(C)C. The molecule has 2 heteroatoms. The fraction of sp³-hybridized carbons (Fsp3) is 1.00. The molecular weight excluding hydrogens is 196 g/mol. The second-order valence-electron chi connectivity index (χ2n) is 6.28. The van der Waals surface area contributed by atoms with Gasteiger partial charge in [-0.15, -0.1) is 0 Å². The number of likely N-dealkylation sites (tertiary alicyclic amines) is 1. The van der Waals surface area contributed by atoms with E-state index in [-0.39, 0.29) is 0 Å². The van der Waals surface area contributed by atoms with Crippen LogP contribution in [-0.2, 0) is 0 Å². The van der Waals surface area contributed by atoms with Crippen LogP contribution >= 0.6 is 0 Å². The summed E-state index contributed by atoms with van der Waals surface area (Å²) in [5.41, 5.74) is 0.358. The zero-order valence-corrected chi connectivity index (χ0v) is 11.7. The van der Waals surface area contributed by atoms with E-state index in [0.717, 1.165) is 0 Å². The van der Waals surface area contributed by atoms with Gasteiger partial charge < -0.3 is 10.2 Å². The van der Waals surface area contributed by atoms with Gasteiger partial charge in [0, 0.05) is 12.6 Å². The van der Waals surface area contributed by atoms with Crippen molar-refractivity contribution in [3.8, 4) is 0 Å². The first-order chi connectivity index (χ1) is 7.54. The Morgan fingerprint density at radius 1 is 1.00 bits per heavy atom. The highest BCUT2D eigenvalue weighted by molar-refractivity contribution is 4.82. The van der Waals surface area contributed by atoms with Crippen LogP contribution in [0.25, 0.3) is 0 Å². The van der Waals surface area contributed by atoms with E-state index in [1.165, 1.54) is 51.7 Å². The molecule has 1 rings (SSSR count). The summed E-state index contributed by atoms with van der Waals surface area (Å²) < 4.78 is 0. The van der Waals surface area contributed by atoms with E-state index in [4.69, 9.17) is 0 Å². The van der Waals surface area contributed by atoms with Crippen LogP contribution in [-0.4, -0.2) is 37.6 Å². The Bertz CT molecular complexity index is 176. The van der Waals surface area contributed by atoms with Crippen LogP contribution in [0.3, 0.4) is 0 Å². The molecule has 96 valence electrons. The van der Waals surface area contributed by atoms with Crippen molar-refractivity contribution in [1.29, 1.82) is 0 Å². The highest BCUT2D eigenvalue weighted by Crippen LogP contribution is 2.21. The maximum absolute atomic E-state index is 3.48. The molecule has 1 saturated heterocycles. The quantitative estimate of drug-likeness (QED) is 0.796. The summed E-state index contributed by atoms with van der Waals surface area (Å²) in [6.45, 7) is 10.8. The van der Waals surface area contributed by atoms with Gasteiger partial charge in [-0.1, -0.05) is 40.0 Å². The van der Waals surface area contributed by atoms with Crippen LogP contribution in [0.1, 0.15) is 52.9 Å². The molecule has 0 amide bonds. The Kier molecular flexibility index (Phi) is 5.77. The normalized spacial score (nSPS) is 22.5. The van der Waals surface area contributed by atoms with Gasteiger partial charge in [-0.2, -0.15) is 0 Å². The highest BCUT2D eigenvalue weighted by Gasteiger charge is 2.25. The van der Waals surface area contributed by atoms with E-state index >= 15 is 0 Å². The van der Waals surface area contributed by atoms with Crippen molar-refractivity contribution in [2.24, 2.45) is 5.41 Å². The average molecular weight is 226 g/mol. The van der Waals surface area contributed by atoms with Crippen molar-refractivity contribution in [3.05, 3.63) is 0 Å². The van der Waals surface area contributed by atoms with Gasteiger partial charge in [0.2, 0.25) is 0 Å². The number of hydrogen-bond donors (Lipinski definition) is 1. The van der Waals surface area contributed by atoms with E-state index in [0.29, 0.717) is 11.5 Å². The second kappa shape index (κ2) is 6.61. The maximum Gasteiger partial charge on any atom is 0.0240 e. The van der Waals surface area contributed by atoms with Crippen molar-refractivity contribution in [2.45, 2.75) is 58.9 Å². The maximum atomic E-state index is 3.48. The molecule has 0 aromatic rings. The third-order valence-electron chi connectivity index (χ3n) is 3.78. The molecule has 1 heterocycles. The monoisotopic (exact) mass is 226 g/mol. The van der Waals surface area contributed by atoms with E-state index in [1.807, 2.05) is 0 Å². The first-order valence-corrected chi connectivity index (χ1v) is 6.93. The topological polar surface area (TPSA) is 15.3 Å². The molecule has 0 aromatic carbocycles. The van der Waals surface area contributed by atoms with Crippen LogP contribution in [0.5, 0.6) is 0 Å². The number of hydrogen-bond acceptors (Lipinski definition) is 2. The number of nitrogens with one attached hydrogen (secondary N) is 1. The standard InChI is InChI=1S/C14H30N2/c1-14(2,3)13(15-4)12-16-10-8-6-5-7-9-11-16/h13,15H,5-12H2,1-4H3. The highest BCUT2D eigenvalue weighted by atomic mass is 15.1. The zero-order valence-electron chi connectivity index (χ0n) is 11.7. The molecule has 16 heavy (non-hydrogen) atoms. The molecule has 1 fully saturated rings. The minimum absolute atomic E-state index is 0.358. The lowest BCUT2D eigenvalue weighted by Crippen LogP contribution is -2.47. The molecule has 1 unspecified atom stereocenters. The number of nitrogens with zero attached hydrogens (tertiary/aromatic N) is 1. The van der Waals surface area contributed by atoms with E-state index in [2.05, 4.69) is 38.0 Å². The number of likely N-dealkylation sites (N-methyl/N-ethyl adjacent to an activating group) is 1. The predicted octanol–water partition coefficient (Wildman–Crippen LogP) is 2.89. The van der Waals surface area contributed by atoms with Gasteiger partial charge in [-0.05, 0) is 38.4 Å². The van der Waals surface area contributed by atoms with Crippen LogP contribution < -0.4 is 5.32 Å². The summed E-state index contributed by atoms with van der Waals surface area (Å²) in [4.78, 5) is 2.66. The van der Waals surface area contributed by atoms with Crippen molar-refractivity contribution >= 4 is 0 Å². The van der Waals surface area contributed by atoms with Crippen molar-refractivity contribution < 1.29 is 0 Å². The molecule has 0 aromatic heterocycles. The third kappa shape index (κ3) is 4.84. The molecule has 1 aliphatic heterocycles. The van der Waals surface area contributed by atoms with E-state index in [9.17, 15) is 0 Å². The molecule has 1 atom stereocenters. The zero-order chi connectivity index (χ0) is 12.0. The lowest BCUT2D eigenvalue weighted by Gasteiger charge is -2.36. The predicted molar refractivity (Wildman–Crippen MR) is 71.8 cm³/mol. The Morgan fingerprint density at radius 3 is 1.94 bits per heavy atom. The molecule has 0 aliphatic carbocycles. The largest absolute Gasteiger partial charge is 0.315 e. The smallest absolute Gasteiger partial charge is 0.0240 e. The summed E-state index contributed by atoms with van der Waals surface area (Å²) in [6.07, 6.45) is 7.08. The summed E-state index contributed by atoms with van der Waals surface area (Å²) in [5, 5.41) is 3.48. The van der Waals surface area contributed by atoms with Gasteiger partial charge in [0.15, 0.2) is 0 Å². The lowest BCUT2D eigenvalue weighted by molar-refractivity contribution is 0.168. The van der Waals surface area contributed by atoms with Gasteiger partial charge in [0.05, 0.1) is 0 Å². The van der Waals surface area contributed by atoms with Gasteiger partial charge in [-0.25, -0.2) is 0 Å². The molecule has 1 N–H and O–H groups in total. The van der Waals surface area contributed by atoms with Crippen molar-refractivity contribution in [3.63, 3.8) is 0 Å². The summed E-state index contributed by atoms with van der Waals surface area (Å²) in [6, 6.07) is 0.604. The Hall–Kier alpha value is -0.0800. The van der Waals surface area contributed by atoms with Crippen LogP contribution in [0, 0.1) is 5.41 Å². The Balaban J connectivity index is 2.42. The van der Waals surface area contributed by atoms with Crippen molar-refractivity contribution in [2.75, 3.05) is 26.7 Å². The first kappa shape index (κ1) is 14.0. The molecule has 0 spiro atoms. The molecule has 1 aliphatic rings. The lowest BCUT2D eigenvalue weighted by atomic mass is 9.86. The Labute approximate surface area is 102 Å². The van der Waals surface area contributed by atoms with Gasteiger partial charge >= 0.3 is 0 Å². The number of rotatable bonds is 3. The van der Waals surface area contributed by atoms with Crippen molar-refractivity contribution in [1.82, 2.24) is 10.2 Å². The van der Waals surface area contributed by atoms with Gasteiger partial charge in [-0.3, -0.25) is 0 Å². The summed E-state index contributed by atoms with van der Waals surface area (Å²) >= 11 is 0. The van der Waals surface area contributed by atoms with Gasteiger partial charge in [0.1, 0.15) is 0 Å².